The number of rotatable bonds is 3. The highest BCUT2D eigenvalue weighted by molar-refractivity contribution is 5.96. The zero-order valence-corrected chi connectivity index (χ0v) is 19.8. The molecule has 0 radical (unpaired) electrons. The Labute approximate surface area is 193 Å². The normalized spacial score (nSPS) is 25.9. The molecule has 0 unspecified atom stereocenters. The molecule has 6 nitrogen and oxygen atoms in total. The van der Waals surface area contributed by atoms with E-state index in [9.17, 15) is 14.9 Å². The van der Waals surface area contributed by atoms with Crippen LogP contribution in [0.4, 0.5) is 5.69 Å². The first-order chi connectivity index (χ1) is 15.6. The third-order valence-corrected chi connectivity index (χ3v) is 8.23. The minimum Gasteiger partial charge on any atom is -0.469 e. The number of methoxy groups -OCH3 is 1. The number of carbonyl (C=O) groups is 1. The molecule has 3 aromatic rings. The highest BCUT2D eigenvalue weighted by atomic mass is 16.6. The molecule has 2 aliphatic carbocycles. The Morgan fingerprint density at radius 3 is 2.61 bits per heavy atom. The monoisotopic (exact) mass is 446 g/mol. The van der Waals surface area contributed by atoms with Gasteiger partial charge in [-0.1, -0.05) is 39.3 Å². The van der Waals surface area contributed by atoms with Gasteiger partial charge in [-0.2, -0.15) is 0 Å². The fraction of sp³-hybridized carbons (Fsp3) is 0.444. The molecule has 2 aliphatic rings. The molecule has 172 valence electrons. The molecule has 1 saturated carbocycles. The average molecular weight is 447 g/mol. The van der Waals surface area contributed by atoms with Crippen molar-refractivity contribution in [3.63, 3.8) is 0 Å². The highest BCUT2D eigenvalue weighted by Crippen LogP contribution is 2.64. The molecule has 1 heterocycles. The van der Waals surface area contributed by atoms with Gasteiger partial charge < -0.3 is 9.72 Å². The number of benzene rings is 2. The van der Waals surface area contributed by atoms with E-state index in [4.69, 9.17) is 4.74 Å². The summed E-state index contributed by atoms with van der Waals surface area (Å²) in [6, 6.07) is 11.7. The van der Waals surface area contributed by atoms with Gasteiger partial charge >= 0.3 is 5.97 Å². The van der Waals surface area contributed by atoms with E-state index < -0.39 is 5.41 Å². The van der Waals surface area contributed by atoms with Gasteiger partial charge in [0.05, 0.1) is 23.1 Å². The first-order valence-electron chi connectivity index (χ1n) is 11.6. The van der Waals surface area contributed by atoms with Crippen molar-refractivity contribution >= 4 is 22.6 Å². The van der Waals surface area contributed by atoms with E-state index in [-0.39, 0.29) is 27.9 Å². The van der Waals surface area contributed by atoms with Crippen LogP contribution in [0.1, 0.15) is 75.5 Å². The number of aromatic amines is 1. The number of non-ortho nitro benzene ring substituents is 1. The van der Waals surface area contributed by atoms with E-state index in [0.29, 0.717) is 5.92 Å². The van der Waals surface area contributed by atoms with Crippen LogP contribution < -0.4 is 0 Å². The molecule has 3 atom stereocenters. The van der Waals surface area contributed by atoms with E-state index in [1.165, 1.54) is 24.3 Å². The maximum absolute atomic E-state index is 13.2. The Hall–Kier alpha value is -3.15. The molecule has 6 heteroatoms. The van der Waals surface area contributed by atoms with Crippen molar-refractivity contribution in [3.05, 3.63) is 63.2 Å². The third-order valence-electron chi connectivity index (χ3n) is 8.23. The van der Waals surface area contributed by atoms with Crippen molar-refractivity contribution in [3.8, 4) is 11.3 Å². The Kier molecular flexibility index (Phi) is 4.71. The molecular weight excluding hydrogens is 416 g/mol. The molecule has 1 N–H and O–H groups in total. The number of aromatic nitrogens is 1. The second kappa shape index (κ2) is 7.17. The Morgan fingerprint density at radius 1 is 1.18 bits per heavy atom. The van der Waals surface area contributed by atoms with Gasteiger partial charge in [0.2, 0.25) is 0 Å². The zero-order valence-electron chi connectivity index (χ0n) is 19.8. The van der Waals surface area contributed by atoms with Gasteiger partial charge in [-0.25, -0.2) is 0 Å². The van der Waals surface area contributed by atoms with Crippen molar-refractivity contribution < 1.29 is 14.5 Å². The lowest BCUT2D eigenvalue weighted by Gasteiger charge is -2.54. The predicted molar refractivity (Wildman–Crippen MR) is 129 cm³/mol. The average Bonchev–Trinajstić information content (AvgIpc) is 3.16. The number of nitrogens with zero attached hydrogens (tertiary/aromatic N) is 1. The lowest BCUT2D eigenvalue weighted by atomic mass is 9.49. The van der Waals surface area contributed by atoms with Crippen molar-refractivity contribution in [2.75, 3.05) is 7.11 Å². The minimum absolute atomic E-state index is 0.0586. The quantitative estimate of drug-likeness (QED) is 0.280. The van der Waals surface area contributed by atoms with Crippen molar-refractivity contribution in [2.45, 2.75) is 64.2 Å². The highest BCUT2D eigenvalue weighted by Gasteiger charge is 2.58. The van der Waals surface area contributed by atoms with Crippen LogP contribution >= 0.6 is 0 Å². The van der Waals surface area contributed by atoms with Gasteiger partial charge in [-0.15, -0.1) is 0 Å². The first-order valence-corrected chi connectivity index (χ1v) is 11.6. The largest absolute Gasteiger partial charge is 0.469 e. The number of hydrogen-bond acceptors (Lipinski definition) is 4. The second-order valence-electron chi connectivity index (χ2n) is 10.5. The minimum atomic E-state index is -0.731. The maximum atomic E-state index is 13.2. The summed E-state index contributed by atoms with van der Waals surface area (Å²) in [6.45, 7) is 8.62. The van der Waals surface area contributed by atoms with Crippen LogP contribution in [-0.2, 0) is 14.9 Å². The molecule has 0 bridgehead atoms. The fourth-order valence-electron chi connectivity index (χ4n) is 6.65. The lowest BCUT2D eigenvalue weighted by molar-refractivity contribution is -0.384. The number of nitrogens with one attached hydrogen (secondary N) is 1. The van der Waals surface area contributed by atoms with Crippen LogP contribution in [0.3, 0.4) is 0 Å². The summed E-state index contributed by atoms with van der Waals surface area (Å²) in [4.78, 5) is 28.1. The Bertz CT molecular complexity index is 1310. The topological polar surface area (TPSA) is 85.2 Å². The van der Waals surface area contributed by atoms with Crippen LogP contribution in [-0.4, -0.2) is 23.0 Å². The van der Waals surface area contributed by atoms with E-state index in [0.717, 1.165) is 47.0 Å². The lowest BCUT2D eigenvalue weighted by Crippen LogP contribution is -2.50. The van der Waals surface area contributed by atoms with Gasteiger partial charge in [-0.3, -0.25) is 14.9 Å². The summed E-state index contributed by atoms with van der Waals surface area (Å²) in [5, 5.41) is 12.4. The van der Waals surface area contributed by atoms with E-state index in [1.54, 1.807) is 12.1 Å². The van der Waals surface area contributed by atoms with Gasteiger partial charge in [0, 0.05) is 39.9 Å². The van der Waals surface area contributed by atoms with Crippen LogP contribution in [0.15, 0.2) is 36.4 Å². The molecule has 1 fully saturated rings. The second-order valence-corrected chi connectivity index (χ2v) is 10.5. The van der Waals surface area contributed by atoms with Gasteiger partial charge in [0.1, 0.15) is 0 Å². The SMILES string of the molecule is COC(=O)[C@]1(C)CCC[C@]2(C)c3ccc(C(C)C)cc3-c3[nH]c4ccc([N+](=O)[O-])cc4c3[C@@H]12. The summed E-state index contributed by atoms with van der Waals surface area (Å²) in [7, 11) is 1.45. The number of esters is 1. The Morgan fingerprint density at radius 2 is 1.94 bits per heavy atom. The molecule has 2 aromatic carbocycles. The van der Waals surface area contributed by atoms with Gasteiger partial charge in [0.15, 0.2) is 0 Å². The number of fused-ring (bicyclic) bond motifs is 8. The maximum Gasteiger partial charge on any atom is 0.312 e. The number of carbonyl (C=O) groups excluding carboxylic acids is 1. The molecule has 33 heavy (non-hydrogen) atoms. The Balaban J connectivity index is 1.90. The van der Waals surface area contributed by atoms with E-state index in [2.05, 4.69) is 44.0 Å². The van der Waals surface area contributed by atoms with E-state index >= 15 is 0 Å². The van der Waals surface area contributed by atoms with Crippen molar-refractivity contribution in [2.24, 2.45) is 5.41 Å². The molecule has 0 aliphatic heterocycles. The molecule has 0 spiro atoms. The summed E-state index contributed by atoms with van der Waals surface area (Å²) in [5.74, 6) is 0.00203. The van der Waals surface area contributed by atoms with Crippen LogP contribution in [0.2, 0.25) is 0 Å². The van der Waals surface area contributed by atoms with E-state index in [1.807, 2.05) is 6.92 Å². The summed E-state index contributed by atoms with van der Waals surface area (Å²) >= 11 is 0. The van der Waals surface area contributed by atoms with Crippen LogP contribution in [0.25, 0.3) is 22.2 Å². The summed E-state index contributed by atoms with van der Waals surface area (Å²) in [6.07, 6.45) is 2.58. The fourth-order valence-corrected chi connectivity index (χ4v) is 6.65. The molecular formula is C27H30N2O4. The smallest absolute Gasteiger partial charge is 0.312 e. The predicted octanol–water partition coefficient (Wildman–Crippen LogP) is 6.58. The standard InChI is InChI=1S/C27H30N2O4/c1-15(2)16-7-9-20-18(13-16)23-22(19-14-17(29(31)32)8-10-21(19)28-23)24-26(20,3)11-6-12-27(24,4)25(30)33-5/h7-10,13-15,24,28H,6,11-12H2,1-5H3/t24-,26-,27-/m1/s1. The number of nitro groups is 1. The van der Waals surface area contributed by atoms with Crippen LogP contribution in [0, 0.1) is 15.5 Å². The number of ether oxygens (including phenoxy) is 1. The molecule has 0 saturated heterocycles. The van der Waals surface area contributed by atoms with Gasteiger partial charge in [0.25, 0.3) is 5.69 Å². The van der Waals surface area contributed by atoms with Crippen molar-refractivity contribution in [1.29, 1.82) is 0 Å². The summed E-state index contributed by atoms with van der Waals surface area (Å²) in [5.41, 5.74) is 5.50. The molecule has 1 aromatic heterocycles. The third kappa shape index (κ3) is 2.89. The van der Waals surface area contributed by atoms with Crippen LogP contribution in [0.5, 0.6) is 0 Å². The molecule has 5 rings (SSSR count). The summed E-state index contributed by atoms with van der Waals surface area (Å²) < 4.78 is 5.33. The zero-order chi connectivity index (χ0) is 23.7. The van der Waals surface area contributed by atoms with Crippen molar-refractivity contribution in [1.82, 2.24) is 4.98 Å². The van der Waals surface area contributed by atoms with Gasteiger partial charge in [-0.05, 0) is 54.5 Å². The number of nitro benzene ring substituents is 1. The first kappa shape index (κ1) is 21.7. The molecule has 0 amide bonds. The number of H-pyrrole nitrogens is 1. The number of hydrogen-bond donors (Lipinski definition) is 1.